The van der Waals surface area contributed by atoms with Crippen LogP contribution in [0.15, 0.2) is 24.3 Å². The fourth-order valence-electron chi connectivity index (χ4n) is 2.14. The number of hydrogen-bond acceptors (Lipinski definition) is 4. The molecule has 0 aliphatic heterocycles. The Morgan fingerprint density at radius 1 is 1.10 bits per heavy atom. The SMILES string of the molecule is CCNC(CN(C)CCN(C)C)c1ccc(OC)cc1. The molecule has 1 N–H and O–H groups in total. The standard InChI is InChI=1S/C16H29N3O/c1-6-17-16(13-19(4)12-11-18(2)3)14-7-9-15(20-5)10-8-14/h7-10,16-17H,6,11-13H2,1-5H3. The van der Waals surface area contributed by atoms with E-state index < -0.39 is 0 Å². The smallest absolute Gasteiger partial charge is 0.118 e. The zero-order chi connectivity index (χ0) is 15.0. The maximum atomic E-state index is 5.22. The van der Waals surface area contributed by atoms with Gasteiger partial charge >= 0.3 is 0 Å². The molecule has 0 aliphatic rings. The normalized spacial score (nSPS) is 12.9. The molecule has 0 spiro atoms. The molecular formula is C16H29N3O. The van der Waals surface area contributed by atoms with Gasteiger partial charge in [0.05, 0.1) is 7.11 Å². The van der Waals surface area contributed by atoms with Crippen LogP contribution in [0.25, 0.3) is 0 Å². The molecule has 0 heterocycles. The van der Waals surface area contributed by atoms with Crippen molar-refractivity contribution in [2.45, 2.75) is 13.0 Å². The average molecular weight is 279 g/mol. The summed E-state index contributed by atoms with van der Waals surface area (Å²) in [6, 6.07) is 8.70. The molecule has 4 heteroatoms. The van der Waals surface area contributed by atoms with Gasteiger partial charge < -0.3 is 19.9 Å². The van der Waals surface area contributed by atoms with Crippen LogP contribution in [-0.2, 0) is 0 Å². The number of likely N-dealkylation sites (N-methyl/N-ethyl adjacent to an activating group) is 3. The summed E-state index contributed by atoms with van der Waals surface area (Å²) in [5, 5.41) is 3.56. The third kappa shape index (κ3) is 5.90. The highest BCUT2D eigenvalue weighted by atomic mass is 16.5. The number of nitrogens with one attached hydrogen (secondary N) is 1. The number of methoxy groups -OCH3 is 1. The lowest BCUT2D eigenvalue weighted by Crippen LogP contribution is -2.36. The van der Waals surface area contributed by atoms with Gasteiger partial charge in [0.1, 0.15) is 5.75 Å². The number of rotatable bonds is 9. The van der Waals surface area contributed by atoms with Crippen LogP contribution in [0.2, 0.25) is 0 Å². The number of hydrogen-bond donors (Lipinski definition) is 1. The van der Waals surface area contributed by atoms with Gasteiger partial charge in [-0.2, -0.15) is 0 Å². The van der Waals surface area contributed by atoms with Gasteiger partial charge in [-0.25, -0.2) is 0 Å². The Hall–Kier alpha value is -1.10. The molecule has 0 saturated carbocycles. The van der Waals surface area contributed by atoms with Crippen LogP contribution in [0, 0.1) is 0 Å². The van der Waals surface area contributed by atoms with Crippen LogP contribution in [0.4, 0.5) is 0 Å². The van der Waals surface area contributed by atoms with Crippen molar-refractivity contribution < 1.29 is 4.74 Å². The maximum absolute atomic E-state index is 5.22. The van der Waals surface area contributed by atoms with E-state index in [4.69, 9.17) is 4.74 Å². The second-order valence-corrected chi connectivity index (χ2v) is 5.45. The zero-order valence-corrected chi connectivity index (χ0v) is 13.5. The molecule has 0 fully saturated rings. The molecule has 1 aromatic rings. The lowest BCUT2D eigenvalue weighted by atomic mass is 10.1. The Labute approximate surface area is 123 Å². The van der Waals surface area contributed by atoms with Crippen molar-refractivity contribution in [3.8, 4) is 5.75 Å². The fraction of sp³-hybridized carbons (Fsp3) is 0.625. The van der Waals surface area contributed by atoms with Gasteiger partial charge in [0.25, 0.3) is 0 Å². The molecule has 1 unspecified atom stereocenters. The van der Waals surface area contributed by atoms with E-state index in [2.05, 4.69) is 55.3 Å². The largest absolute Gasteiger partial charge is 0.497 e. The predicted octanol–water partition coefficient (Wildman–Crippen LogP) is 1.84. The molecule has 20 heavy (non-hydrogen) atoms. The Morgan fingerprint density at radius 3 is 2.25 bits per heavy atom. The highest BCUT2D eigenvalue weighted by Crippen LogP contribution is 2.18. The lowest BCUT2D eigenvalue weighted by Gasteiger charge is -2.26. The van der Waals surface area contributed by atoms with Gasteiger partial charge in [0, 0.05) is 25.7 Å². The number of nitrogens with zero attached hydrogens (tertiary/aromatic N) is 2. The van der Waals surface area contributed by atoms with E-state index in [1.54, 1.807) is 7.11 Å². The molecule has 0 aliphatic carbocycles. The summed E-state index contributed by atoms with van der Waals surface area (Å²) in [6.45, 7) is 6.28. The van der Waals surface area contributed by atoms with Crippen LogP contribution in [0.1, 0.15) is 18.5 Å². The number of ether oxygens (including phenoxy) is 1. The molecule has 0 bridgehead atoms. The van der Waals surface area contributed by atoms with E-state index in [-0.39, 0.29) is 0 Å². The summed E-state index contributed by atoms with van der Waals surface area (Å²) in [5.41, 5.74) is 1.31. The molecule has 114 valence electrons. The van der Waals surface area contributed by atoms with Crippen LogP contribution in [-0.4, -0.2) is 64.2 Å². The second-order valence-electron chi connectivity index (χ2n) is 5.45. The van der Waals surface area contributed by atoms with Crippen molar-refractivity contribution in [1.82, 2.24) is 15.1 Å². The minimum Gasteiger partial charge on any atom is -0.497 e. The molecule has 1 aromatic carbocycles. The van der Waals surface area contributed by atoms with Crippen LogP contribution in [0.5, 0.6) is 5.75 Å². The highest BCUT2D eigenvalue weighted by molar-refractivity contribution is 5.29. The van der Waals surface area contributed by atoms with Crippen molar-refractivity contribution in [3.63, 3.8) is 0 Å². The zero-order valence-electron chi connectivity index (χ0n) is 13.5. The molecule has 0 amide bonds. The van der Waals surface area contributed by atoms with Gasteiger partial charge in [-0.3, -0.25) is 0 Å². The first-order chi connectivity index (χ1) is 9.56. The summed E-state index contributed by atoms with van der Waals surface area (Å²) in [6.07, 6.45) is 0. The van der Waals surface area contributed by atoms with Crippen molar-refractivity contribution in [3.05, 3.63) is 29.8 Å². The van der Waals surface area contributed by atoms with Gasteiger partial charge in [-0.1, -0.05) is 19.1 Å². The Kier molecular flexibility index (Phi) is 7.59. The summed E-state index contributed by atoms with van der Waals surface area (Å²) >= 11 is 0. The van der Waals surface area contributed by atoms with E-state index >= 15 is 0 Å². The molecule has 1 rings (SSSR count). The minimum absolute atomic E-state index is 0.359. The highest BCUT2D eigenvalue weighted by Gasteiger charge is 2.13. The molecule has 4 nitrogen and oxygen atoms in total. The van der Waals surface area contributed by atoms with Crippen LogP contribution in [0.3, 0.4) is 0 Å². The Balaban J connectivity index is 2.62. The van der Waals surface area contributed by atoms with E-state index in [0.717, 1.165) is 31.9 Å². The second kappa shape index (κ2) is 8.95. The summed E-state index contributed by atoms with van der Waals surface area (Å²) in [4.78, 5) is 4.59. The summed E-state index contributed by atoms with van der Waals surface area (Å²) < 4.78 is 5.22. The monoisotopic (exact) mass is 279 g/mol. The molecular weight excluding hydrogens is 250 g/mol. The fourth-order valence-corrected chi connectivity index (χ4v) is 2.14. The first-order valence-corrected chi connectivity index (χ1v) is 7.27. The third-order valence-electron chi connectivity index (χ3n) is 3.39. The third-order valence-corrected chi connectivity index (χ3v) is 3.39. The summed E-state index contributed by atoms with van der Waals surface area (Å²) in [7, 11) is 8.10. The predicted molar refractivity (Wildman–Crippen MR) is 85.5 cm³/mol. The Morgan fingerprint density at radius 2 is 1.75 bits per heavy atom. The van der Waals surface area contributed by atoms with E-state index in [1.165, 1.54) is 5.56 Å². The molecule has 1 atom stereocenters. The van der Waals surface area contributed by atoms with Crippen molar-refractivity contribution in [1.29, 1.82) is 0 Å². The van der Waals surface area contributed by atoms with Gasteiger partial charge in [-0.15, -0.1) is 0 Å². The van der Waals surface area contributed by atoms with Crippen molar-refractivity contribution >= 4 is 0 Å². The first-order valence-electron chi connectivity index (χ1n) is 7.27. The van der Waals surface area contributed by atoms with Crippen LogP contribution < -0.4 is 10.1 Å². The molecule has 0 saturated heterocycles. The first kappa shape index (κ1) is 17.0. The van der Waals surface area contributed by atoms with Crippen molar-refractivity contribution in [2.24, 2.45) is 0 Å². The molecule has 0 aromatic heterocycles. The van der Waals surface area contributed by atoms with E-state index in [1.807, 2.05) is 12.1 Å². The molecule has 0 radical (unpaired) electrons. The van der Waals surface area contributed by atoms with E-state index in [9.17, 15) is 0 Å². The van der Waals surface area contributed by atoms with E-state index in [0.29, 0.717) is 6.04 Å². The minimum atomic E-state index is 0.359. The maximum Gasteiger partial charge on any atom is 0.118 e. The van der Waals surface area contributed by atoms with Gasteiger partial charge in [0.2, 0.25) is 0 Å². The lowest BCUT2D eigenvalue weighted by molar-refractivity contribution is 0.257. The Bertz CT molecular complexity index is 364. The number of benzene rings is 1. The van der Waals surface area contributed by atoms with Crippen LogP contribution >= 0.6 is 0 Å². The van der Waals surface area contributed by atoms with Gasteiger partial charge in [0.15, 0.2) is 0 Å². The van der Waals surface area contributed by atoms with Crippen molar-refractivity contribution in [2.75, 3.05) is 54.4 Å². The van der Waals surface area contributed by atoms with Gasteiger partial charge in [-0.05, 0) is 45.4 Å². The summed E-state index contributed by atoms with van der Waals surface area (Å²) in [5.74, 6) is 0.907. The quantitative estimate of drug-likeness (QED) is 0.746. The topological polar surface area (TPSA) is 27.7 Å². The average Bonchev–Trinajstić information content (AvgIpc) is 2.45.